The summed E-state index contributed by atoms with van der Waals surface area (Å²) in [4.78, 5) is 4.85. The molecule has 2 atom stereocenters. The number of halogens is 1. The first-order valence-corrected chi connectivity index (χ1v) is 7.57. The number of piperazine rings is 1. The van der Waals surface area contributed by atoms with Gasteiger partial charge in [0.15, 0.2) is 0 Å². The molecule has 1 aliphatic rings. The molecule has 2 N–H and O–H groups in total. The highest BCUT2D eigenvalue weighted by molar-refractivity contribution is 5.55. The van der Waals surface area contributed by atoms with Crippen molar-refractivity contribution in [2.24, 2.45) is 5.73 Å². The molecule has 4 heteroatoms. The van der Waals surface area contributed by atoms with Crippen molar-refractivity contribution < 1.29 is 4.39 Å². The fraction of sp³-hybridized carbons (Fsp3) is 0.625. The molecular formula is C16H26FN3. The highest BCUT2D eigenvalue weighted by Gasteiger charge is 2.22. The average Bonchev–Trinajstić information content (AvgIpc) is 2.46. The summed E-state index contributed by atoms with van der Waals surface area (Å²) < 4.78 is 13.4. The van der Waals surface area contributed by atoms with Gasteiger partial charge in [0.25, 0.3) is 0 Å². The standard InChI is InChI=1S/C16H26FN3/c1-4-12(2)19-7-9-20(10-8-19)16-6-5-14(17)11-15(16)13(3)18/h5-6,11-13H,4,7-10,18H2,1-3H3. The summed E-state index contributed by atoms with van der Waals surface area (Å²) in [6.45, 7) is 10.5. The zero-order valence-electron chi connectivity index (χ0n) is 12.8. The Hall–Kier alpha value is -1.13. The van der Waals surface area contributed by atoms with Gasteiger partial charge in [-0.05, 0) is 44.0 Å². The van der Waals surface area contributed by atoms with E-state index >= 15 is 0 Å². The van der Waals surface area contributed by atoms with E-state index in [1.165, 1.54) is 12.5 Å². The Kier molecular flexibility index (Phi) is 5.00. The van der Waals surface area contributed by atoms with Gasteiger partial charge in [-0.15, -0.1) is 0 Å². The van der Waals surface area contributed by atoms with Gasteiger partial charge >= 0.3 is 0 Å². The van der Waals surface area contributed by atoms with E-state index in [1.807, 2.05) is 13.0 Å². The highest BCUT2D eigenvalue weighted by Crippen LogP contribution is 2.27. The molecule has 1 heterocycles. The van der Waals surface area contributed by atoms with E-state index in [9.17, 15) is 4.39 Å². The van der Waals surface area contributed by atoms with Crippen LogP contribution in [0.1, 0.15) is 38.8 Å². The second kappa shape index (κ2) is 6.55. The van der Waals surface area contributed by atoms with Gasteiger partial charge < -0.3 is 10.6 Å². The smallest absolute Gasteiger partial charge is 0.123 e. The van der Waals surface area contributed by atoms with Gasteiger partial charge in [0, 0.05) is 44.0 Å². The molecule has 2 unspecified atom stereocenters. The number of nitrogens with two attached hydrogens (primary N) is 1. The van der Waals surface area contributed by atoms with Crippen LogP contribution in [0, 0.1) is 5.82 Å². The minimum Gasteiger partial charge on any atom is -0.369 e. The van der Waals surface area contributed by atoms with Gasteiger partial charge in [0.2, 0.25) is 0 Å². The monoisotopic (exact) mass is 279 g/mol. The third-order valence-corrected chi connectivity index (χ3v) is 4.35. The summed E-state index contributed by atoms with van der Waals surface area (Å²) >= 11 is 0. The number of rotatable bonds is 4. The molecule has 1 fully saturated rings. The number of nitrogens with zero attached hydrogens (tertiary/aromatic N) is 2. The average molecular weight is 279 g/mol. The van der Waals surface area contributed by atoms with E-state index in [-0.39, 0.29) is 11.9 Å². The maximum atomic E-state index is 13.4. The van der Waals surface area contributed by atoms with E-state index < -0.39 is 0 Å². The van der Waals surface area contributed by atoms with Crippen molar-refractivity contribution in [3.63, 3.8) is 0 Å². The first kappa shape index (κ1) is 15.3. The summed E-state index contributed by atoms with van der Waals surface area (Å²) in [5.74, 6) is -0.209. The SMILES string of the molecule is CCC(C)N1CCN(c2ccc(F)cc2C(C)N)CC1. The summed E-state index contributed by atoms with van der Waals surface area (Å²) in [6, 6.07) is 5.46. The number of benzene rings is 1. The molecule has 20 heavy (non-hydrogen) atoms. The molecular weight excluding hydrogens is 253 g/mol. The predicted octanol–water partition coefficient (Wildman–Crippen LogP) is 2.77. The van der Waals surface area contributed by atoms with Crippen LogP contribution in [0.3, 0.4) is 0 Å². The molecule has 0 bridgehead atoms. The van der Waals surface area contributed by atoms with Crippen LogP contribution in [0.15, 0.2) is 18.2 Å². The quantitative estimate of drug-likeness (QED) is 0.920. The molecule has 0 radical (unpaired) electrons. The Bertz CT molecular complexity index is 439. The lowest BCUT2D eigenvalue weighted by Crippen LogP contribution is -2.49. The molecule has 0 aromatic heterocycles. The number of hydrogen-bond donors (Lipinski definition) is 1. The molecule has 3 nitrogen and oxygen atoms in total. The van der Waals surface area contributed by atoms with Crippen LogP contribution in [-0.4, -0.2) is 37.1 Å². The normalized spacial score (nSPS) is 19.9. The molecule has 1 saturated heterocycles. The van der Waals surface area contributed by atoms with Crippen molar-refractivity contribution in [2.75, 3.05) is 31.1 Å². The largest absolute Gasteiger partial charge is 0.369 e. The van der Waals surface area contributed by atoms with E-state index in [2.05, 4.69) is 23.6 Å². The van der Waals surface area contributed by atoms with Crippen LogP contribution < -0.4 is 10.6 Å². The Morgan fingerprint density at radius 3 is 2.40 bits per heavy atom. The Morgan fingerprint density at radius 1 is 1.20 bits per heavy atom. The van der Waals surface area contributed by atoms with E-state index in [4.69, 9.17) is 5.73 Å². The fourth-order valence-electron chi connectivity index (χ4n) is 2.84. The maximum Gasteiger partial charge on any atom is 0.123 e. The second-order valence-corrected chi connectivity index (χ2v) is 5.77. The lowest BCUT2D eigenvalue weighted by atomic mass is 10.0. The van der Waals surface area contributed by atoms with Crippen molar-refractivity contribution in [1.29, 1.82) is 0 Å². The zero-order valence-corrected chi connectivity index (χ0v) is 12.8. The minimum absolute atomic E-state index is 0.145. The van der Waals surface area contributed by atoms with E-state index in [1.54, 1.807) is 6.07 Å². The fourth-order valence-corrected chi connectivity index (χ4v) is 2.84. The van der Waals surface area contributed by atoms with Gasteiger partial charge in [0.05, 0.1) is 0 Å². The third-order valence-electron chi connectivity index (χ3n) is 4.35. The highest BCUT2D eigenvalue weighted by atomic mass is 19.1. The van der Waals surface area contributed by atoms with E-state index in [0.717, 1.165) is 37.4 Å². The van der Waals surface area contributed by atoms with Crippen molar-refractivity contribution in [2.45, 2.75) is 39.3 Å². The molecule has 1 aromatic rings. The molecule has 112 valence electrons. The molecule has 1 aliphatic heterocycles. The number of hydrogen-bond acceptors (Lipinski definition) is 3. The topological polar surface area (TPSA) is 32.5 Å². The Morgan fingerprint density at radius 2 is 1.85 bits per heavy atom. The predicted molar refractivity (Wildman–Crippen MR) is 82.5 cm³/mol. The van der Waals surface area contributed by atoms with Crippen LogP contribution in [0.4, 0.5) is 10.1 Å². The summed E-state index contributed by atoms with van der Waals surface area (Å²) in [5, 5.41) is 0. The van der Waals surface area contributed by atoms with Crippen LogP contribution >= 0.6 is 0 Å². The van der Waals surface area contributed by atoms with Crippen LogP contribution in [0.5, 0.6) is 0 Å². The first-order valence-electron chi connectivity index (χ1n) is 7.57. The number of anilines is 1. The Balaban J connectivity index is 2.11. The van der Waals surface area contributed by atoms with Crippen molar-refractivity contribution >= 4 is 5.69 Å². The van der Waals surface area contributed by atoms with Crippen LogP contribution in [-0.2, 0) is 0 Å². The molecule has 0 saturated carbocycles. The third kappa shape index (κ3) is 3.30. The van der Waals surface area contributed by atoms with Gasteiger partial charge in [-0.1, -0.05) is 6.92 Å². The minimum atomic E-state index is -0.209. The van der Waals surface area contributed by atoms with Crippen LogP contribution in [0.2, 0.25) is 0 Å². The molecule has 2 rings (SSSR count). The Labute approximate surface area is 121 Å². The zero-order chi connectivity index (χ0) is 14.7. The van der Waals surface area contributed by atoms with Gasteiger partial charge in [-0.25, -0.2) is 4.39 Å². The second-order valence-electron chi connectivity index (χ2n) is 5.77. The molecule has 0 spiro atoms. The lowest BCUT2D eigenvalue weighted by Gasteiger charge is -2.39. The summed E-state index contributed by atoms with van der Waals surface area (Å²) in [5.41, 5.74) is 7.98. The summed E-state index contributed by atoms with van der Waals surface area (Å²) in [7, 11) is 0. The first-order chi connectivity index (χ1) is 9.52. The van der Waals surface area contributed by atoms with Crippen molar-refractivity contribution in [1.82, 2.24) is 4.90 Å². The van der Waals surface area contributed by atoms with Crippen LogP contribution in [0.25, 0.3) is 0 Å². The van der Waals surface area contributed by atoms with Crippen molar-refractivity contribution in [3.05, 3.63) is 29.6 Å². The molecule has 0 aliphatic carbocycles. The van der Waals surface area contributed by atoms with Gasteiger partial charge in [0.1, 0.15) is 5.82 Å². The van der Waals surface area contributed by atoms with E-state index in [0.29, 0.717) is 6.04 Å². The molecule has 0 amide bonds. The van der Waals surface area contributed by atoms with Crippen molar-refractivity contribution in [3.8, 4) is 0 Å². The molecule has 1 aromatic carbocycles. The summed E-state index contributed by atoms with van der Waals surface area (Å²) in [6.07, 6.45) is 1.18. The maximum absolute atomic E-state index is 13.4. The lowest BCUT2D eigenvalue weighted by molar-refractivity contribution is 0.192. The van der Waals surface area contributed by atoms with Gasteiger partial charge in [-0.2, -0.15) is 0 Å². The van der Waals surface area contributed by atoms with Gasteiger partial charge in [-0.3, -0.25) is 4.90 Å².